The van der Waals surface area contributed by atoms with Crippen LogP contribution < -0.4 is 11.2 Å². The Morgan fingerprint density at radius 1 is 1.26 bits per heavy atom. The number of carbonyl (C=O) groups excluding carboxylic acids is 1. The van der Waals surface area contributed by atoms with Crippen molar-refractivity contribution >= 4 is 35.8 Å². The quantitative estimate of drug-likeness (QED) is 0.581. The van der Waals surface area contributed by atoms with Gasteiger partial charge in [-0.25, -0.2) is 9.59 Å². The highest BCUT2D eigenvalue weighted by molar-refractivity contribution is 7.20. The maximum atomic E-state index is 12.9. The van der Waals surface area contributed by atoms with E-state index in [0.717, 1.165) is 15.9 Å². The van der Waals surface area contributed by atoms with E-state index >= 15 is 0 Å². The Balaban J connectivity index is 2.36. The van der Waals surface area contributed by atoms with Crippen molar-refractivity contribution in [2.24, 2.45) is 0 Å². The van der Waals surface area contributed by atoms with Crippen molar-refractivity contribution in [3.05, 3.63) is 31.3 Å². The van der Waals surface area contributed by atoms with Gasteiger partial charge in [-0.15, -0.1) is 11.3 Å². The van der Waals surface area contributed by atoms with Gasteiger partial charge < -0.3 is 9.16 Å². The predicted octanol–water partition coefficient (Wildman–Crippen LogP) is 3.26. The van der Waals surface area contributed by atoms with Crippen LogP contribution in [0.15, 0.2) is 9.59 Å². The van der Waals surface area contributed by atoms with Gasteiger partial charge in [0.25, 0.3) is 5.56 Å². The lowest BCUT2D eigenvalue weighted by Crippen LogP contribution is -2.43. The minimum absolute atomic E-state index is 0.0484. The summed E-state index contributed by atoms with van der Waals surface area (Å²) in [4.78, 5) is 40.8. The van der Waals surface area contributed by atoms with Crippen LogP contribution in [0.2, 0.25) is 18.1 Å². The maximum Gasteiger partial charge on any atom is 0.348 e. The van der Waals surface area contributed by atoms with Crippen molar-refractivity contribution in [1.29, 1.82) is 0 Å². The Labute approximate surface area is 163 Å². The third kappa shape index (κ3) is 4.25. The van der Waals surface area contributed by atoms with Gasteiger partial charge in [0, 0.05) is 0 Å². The van der Waals surface area contributed by atoms with Crippen LogP contribution in [-0.4, -0.2) is 37.1 Å². The average molecular weight is 413 g/mol. The van der Waals surface area contributed by atoms with Crippen molar-refractivity contribution in [2.45, 2.75) is 59.3 Å². The van der Waals surface area contributed by atoms with Gasteiger partial charge in [-0.1, -0.05) is 20.8 Å². The molecule has 2 heterocycles. The number of aromatic amines is 1. The summed E-state index contributed by atoms with van der Waals surface area (Å²) in [6.07, 6.45) is 0. The molecule has 0 bridgehead atoms. The van der Waals surface area contributed by atoms with Crippen molar-refractivity contribution in [3.8, 4) is 0 Å². The van der Waals surface area contributed by atoms with E-state index in [-0.39, 0.29) is 18.2 Å². The number of esters is 1. The monoisotopic (exact) mass is 412 g/mol. The summed E-state index contributed by atoms with van der Waals surface area (Å²) < 4.78 is 12.3. The summed E-state index contributed by atoms with van der Waals surface area (Å²) >= 11 is 1.07. The highest BCUT2D eigenvalue weighted by Gasteiger charge is 2.37. The van der Waals surface area contributed by atoms with Crippen LogP contribution in [0, 0.1) is 6.92 Å². The summed E-state index contributed by atoms with van der Waals surface area (Å²) in [6.45, 7) is 14.8. The summed E-state index contributed by atoms with van der Waals surface area (Å²) in [6, 6.07) is 0. The fourth-order valence-electron chi connectivity index (χ4n) is 2.45. The van der Waals surface area contributed by atoms with Gasteiger partial charge in [-0.3, -0.25) is 14.3 Å². The molecule has 0 fully saturated rings. The Morgan fingerprint density at radius 2 is 1.89 bits per heavy atom. The van der Waals surface area contributed by atoms with Gasteiger partial charge in [0.15, 0.2) is 8.32 Å². The van der Waals surface area contributed by atoms with E-state index in [1.54, 1.807) is 13.8 Å². The Kier molecular flexibility index (Phi) is 6.18. The first-order valence-corrected chi connectivity index (χ1v) is 12.7. The number of aryl methyl sites for hydroxylation is 1. The SMILES string of the molecule is CCOC(=O)c1sc2[nH]c(=O)n(CCO[Si](C)(C)C(C)(C)C)c(=O)c2c1C. The minimum Gasteiger partial charge on any atom is -0.462 e. The number of nitrogens with one attached hydrogen (secondary N) is 1. The molecule has 2 rings (SSSR count). The number of aromatic nitrogens is 2. The van der Waals surface area contributed by atoms with E-state index < -0.39 is 25.5 Å². The van der Waals surface area contributed by atoms with E-state index in [9.17, 15) is 14.4 Å². The molecule has 0 aliphatic heterocycles. The number of fused-ring (bicyclic) bond motifs is 1. The second-order valence-electron chi connectivity index (χ2n) is 7.98. The van der Waals surface area contributed by atoms with Crippen LogP contribution in [0.5, 0.6) is 0 Å². The number of ether oxygens (including phenoxy) is 1. The topological polar surface area (TPSA) is 90.4 Å². The molecule has 1 N–H and O–H groups in total. The lowest BCUT2D eigenvalue weighted by Gasteiger charge is -2.36. The molecule has 0 radical (unpaired) electrons. The number of rotatable bonds is 6. The normalized spacial score (nSPS) is 12.6. The second kappa shape index (κ2) is 7.73. The van der Waals surface area contributed by atoms with Gasteiger partial charge in [0.2, 0.25) is 0 Å². The average Bonchev–Trinajstić information content (AvgIpc) is 2.86. The van der Waals surface area contributed by atoms with E-state index in [0.29, 0.717) is 27.3 Å². The lowest BCUT2D eigenvalue weighted by atomic mass is 10.2. The third-order valence-electron chi connectivity index (χ3n) is 5.12. The smallest absolute Gasteiger partial charge is 0.348 e. The van der Waals surface area contributed by atoms with Crippen molar-refractivity contribution in [3.63, 3.8) is 0 Å². The van der Waals surface area contributed by atoms with E-state index in [4.69, 9.17) is 9.16 Å². The van der Waals surface area contributed by atoms with Gasteiger partial charge in [0.1, 0.15) is 9.71 Å². The first-order valence-electron chi connectivity index (χ1n) is 8.98. The fraction of sp³-hybridized carbons (Fsp3) is 0.611. The van der Waals surface area contributed by atoms with E-state index in [1.807, 2.05) is 0 Å². The molecule has 27 heavy (non-hydrogen) atoms. The van der Waals surface area contributed by atoms with Gasteiger partial charge >= 0.3 is 11.7 Å². The second-order valence-corrected chi connectivity index (χ2v) is 13.8. The number of H-pyrrole nitrogens is 1. The lowest BCUT2D eigenvalue weighted by molar-refractivity contribution is 0.0531. The first kappa shape index (κ1) is 21.6. The van der Waals surface area contributed by atoms with Crippen molar-refractivity contribution < 1.29 is 14.0 Å². The molecule has 0 atom stereocenters. The highest BCUT2D eigenvalue weighted by atomic mass is 32.1. The molecule has 2 aromatic heterocycles. The molecule has 0 amide bonds. The minimum atomic E-state index is -1.96. The molecular weight excluding hydrogens is 384 g/mol. The predicted molar refractivity (Wildman–Crippen MR) is 111 cm³/mol. The number of nitrogens with zero attached hydrogens (tertiary/aromatic N) is 1. The zero-order valence-corrected chi connectivity index (χ0v) is 18.8. The maximum absolute atomic E-state index is 12.9. The Morgan fingerprint density at radius 3 is 2.44 bits per heavy atom. The standard InChI is InChI=1S/C18H28N2O5SSi/c1-8-24-16(22)13-11(2)12-14(26-13)19-17(23)20(15(12)21)9-10-25-27(6,7)18(3,4)5/h8-10H2,1-7H3,(H,19,23). The molecule has 150 valence electrons. The molecular formula is C18H28N2O5SSi. The van der Waals surface area contributed by atoms with Gasteiger partial charge in [0.05, 0.1) is 25.1 Å². The molecule has 2 aromatic rings. The summed E-state index contributed by atoms with van der Waals surface area (Å²) in [5.41, 5.74) is -0.367. The molecule has 0 aromatic carbocycles. The summed E-state index contributed by atoms with van der Waals surface area (Å²) in [5, 5.41) is 0.405. The Bertz CT molecular complexity index is 965. The molecule has 9 heteroatoms. The molecule has 0 saturated carbocycles. The van der Waals surface area contributed by atoms with Crippen molar-refractivity contribution in [1.82, 2.24) is 9.55 Å². The molecule has 0 spiro atoms. The van der Waals surface area contributed by atoms with Crippen LogP contribution in [0.4, 0.5) is 0 Å². The fourth-order valence-corrected chi connectivity index (χ4v) is 4.57. The third-order valence-corrected chi connectivity index (χ3v) is 10.8. The summed E-state index contributed by atoms with van der Waals surface area (Å²) in [7, 11) is -1.96. The number of carbonyl (C=O) groups is 1. The zero-order chi connectivity index (χ0) is 20.6. The highest BCUT2D eigenvalue weighted by Crippen LogP contribution is 2.36. The number of hydrogen-bond acceptors (Lipinski definition) is 6. The zero-order valence-electron chi connectivity index (χ0n) is 17.0. The molecule has 7 nitrogen and oxygen atoms in total. The van der Waals surface area contributed by atoms with Crippen LogP contribution >= 0.6 is 11.3 Å². The van der Waals surface area contributed by atoms with Crippen LogP contribution in [0.1, 0.15) is 42.9 Å². The van der Waals surface area contributed by atoms with E-state index in [1.165, 1.54) is 0 Å². The van der Waals surface area contributed by atoms with Crippen LogP contribution in [0.3, 0.4) is 0 Å². The van der Waals surface area contributed by atoms with Crippen LogP contribution in [0.25, 0.3) is 10.2 Å². The van der Waals surface area contributed by atoms with Crippen molar-refractivity contribution in [2.75, 3.05) is 13.2 Å². The largest absolute Gasteiger partial charge is 0.462 e. The molecule has 0 saturated heterocycles. The number of thiophene rings is 1. The van der Waals surface area contributed by atoms with Crippen LogP contribution in [-0.2, 0) is 15.7 Å². The number of hydrogen-bond donors (Lipinski definition) is 1. The Hall–Kier alpha value is -1.71. The van der Waals surface area contributed by atoms with Gasteiger partial charge in [-0.05, 0) is 37.5 Å². The molecule has 0 unspecified atom stereocenters. The first-order chi connectivity index (χ1) is 12.4. The summed E-state index contributed by atoms with van der Waals surface area (Å²) in [5.74, 6) is -0.482. The van der Waals surface area contributed by atoms with Gasteiger partial charge in [-0.2, -0.15) is 0 Å². The van der Waals surface area contributed by atoms with E-state index in [2.05, 4.69) is 38.8 Å². The molecule has 0 aliphatic carbocycles. The molecule has 0 aliphatic rings.